The van der Waals surface area contributed by atoms with Crippen molar-refractivity contribution in [3.05, 3.63) is 40.5 Å². The molecule has 1 aromatic carbocycles. The van der Waals surface area contributed by atoms with E-state index in [-0.39, 0.29) is 8.80 Å². The van der Waals surface area contributed by atoms with Crippen molar-refractivity contribution < 1.29 is 0 Å². The lowest BCUT2D eigenvalue weighted by molar-refractivity contribution is 1.08. The molecule has 79 valence electrons. The third kappa shape index (κ3) is 1.69. The SMILES string of the molecule is CCc1cccc2c1C=C(C)C2[Si](C)C. The molecule has 15 heavy (non-hydrogen) atoms. The minimum absolute atomic E-state index is 0.266. The average Bonchev–Trinajstić information content (AvgIpc) is 2.53. The van der Waals surface area contributed by atoms with Crippen LogP contribution in [0.3, 0.4) is 0 Å². The molecule has 1 aliphatic carbocycles. The van der Waals surface area contributed by atoms with E-state index in [9.17, 15) is 0 Å². The number of hydrogen-bond acceptors (Lipinski definition) is 0. The summed E-state index contributed by atoms with van der Waals surface area (Å²) in [7, 11) is -0.266. The summed E-state index contributed by atoms with van der Waals surface area (Å²) in [6.45, 7) is 9.37. The first-order valence-corrected chi connectivity index (χ1v) is 8.33. The summed E-state index contributed by atoms with van der Waals surface area (Å²) < 4.78 is 0. The smallest absolute Gasteiger partial charge is 0.0551 e. The Labute approximate surface area is 94.6 Å². The maximum Gasteiger partial charge on any atom is 0.0551 e. The van der Waals surface area contributed by atoms with Crippen LogP contribution in [0.5, 0.6) is 0 Å². The highest BCUT2D eigenvalue weighted by atomic mass is 28.3. The second-order valence-corrected chi connectivity index (χ2v) is 7.40. The van der Waals surface area contributed by atoms with Gasteiger partial charge in [0, 0.05) is 0 Å². The molecular formula is C14H19Si. The lowest BCUT2D eigenvalue weighted by atomic mass is 10.0. The molecule has 1 atom stereocenters. The third-order valence-electron chi connectivity index (χ3n) is 3.33. The molecule has 1 unspecified atom stereocenters. The molecule has 0 amide bonds. The van der Waals surface area contributed by atoms with Gasteiger partial charge in [-0.25, -0.2) is 0 Å². The van der Waals surface area contributed by atoms with Crippen LogP contribution < -0.4 is 0 Å². The van der Waals surface area contributed by atoms with Crippen LogP contribution in [0, 0.1) is 0 Å². The first-order chi connectivity index (χ1) is 7.15. The van der Waals surface area contributed by atoms with E-state index in [1.807, 2.05) is 0 Å². The average molecular weight is 215 g/mol. The Kier molecular flexibility index (Phi) is 2.83. The molecule has 0 aliphatic heterocycles. The van der Waals surface area contributed by atoms with Crippen molar-refractivity contribution in [2.24, 2.45) is 0 Å². The third-order valence-corrected chi connectivity index (χ3v) is 5.25. The minimum Gasteiger partial charge on any atom is -0.0705 e. The summed E-state index contributed by atoms with van der Waals surface area (Å²) in [4.78, 5) is 0. The standard InChI is InChI=1S/C14H19Si/c1-5-11-7-6-8-12-13(11)9-10(2)14(12)15(3)4/h6-9,14H,5H2,1-4H3. The van der Waals surface area contributed by atoms with E-state index in [0.29, 0.717) is 0 Å². The van der Waals surface area contributed by atoms with Crippen LogP contribution >= 0.6 is 0 Å². The Morgan fingerprint density at radius 2 is 2.00 bits per heavy atom. The highest BCUT2D eigenvalue weighted by molar-refractivity contribution is 6.58. The first kappa shape index (κ1) is 10.7. The van der Waals surface area contributed by atoms with Crippen LogP contribution in [0.15, 0.2) is 23.8 Å². The van der Waals surface area contributed by atoms with Crippen LogP contribution in [-0.2, 0) is 6.42 Å². The normalized spacial score (nSPS) is 19.3. The summed E-state index contributed by atoms with van der Waals surface area (Å²) in [5, 5.41) is 0. The number of allylic oxidation sites excluding steroid dienone is 1. The van der Waals surface area contributed by atoms with Gasteiger partial charge in [-0.3, -0.25) is 0 Å². The van der Waals surface area contributed by atoms with Gasteiger partial charge in [-0.05, 0) is 35.6 Å². The van der Waals surface area contributed by atoms with E-state index >= 15 is 0 Å². The van der Waals surface area contributed by atoms with E-state index in [1.165, 1.54) is 11.1 Å². The Morgan fingerprint density at radius 1 is 1.27 bits per heavy atom. The van der Waals surface area contributed by atoms with Gasteiger partial charge in [0.25, 0.3) is 0 Å². The fourth-order valence-electron chi connectivity index (χ4n) is 2.69. The van der Waals surface area contributed by atoms with Crippen molar-refractivity contribution >= 4 is 14.9 Å². The molecular weight excluding hydrogens is 196 g/mol. The summed E-state index contributed by atoms with van der Waals surface area (Å²) in [6, 6.07) is 6.81. The Bertz CT molecular complexity index is 402. The number of fused-ring (bicyclic) bond motifs is 1. The van der Waals surface area contributed by atoms with Crippen molar-refractivity contribution in [2.45, 2.75) is 38.9 Å². The second kappa shape index (κ2) is 3.97. The predicted molar refractivity (Wildman–Crippen MR) is 69.7 cm³/mol. The zero-order chi connectivity index (χ0) is 11.0. The van der Waals surface area contributed by atoms with Gasteiger partial charge in [-0.2, -0.15) is 0 Å². The fraction of sp³-hybridized carbons (Fsp3) is 0.429. The summed E-state index contributed by atoms with van der Waals surface area (Å²) in [5.41, 5.74) is 6.94. The van der Waals surface area contributed by atoms with Crippen molar-refractivity contribution in [2.75, 3.05) is 0 Å². The van der Waals surface area contributed by atoms with Crippen LogP contribution in [0.1, 0.15) is 36.1 Å². The summed E-state index contributed by atoms with van der Waals surface area (Å²) in [5.74, 6) is 0. The molecule has 1 aliphatic rings. The number of benzene rings is 1. The topological polar surface area (TPSA) is 0 Å². The maximum absolute atomic E-state index is 2.42. The second-order valence-electron chi connectivity index (χ2n) is 4.67. The van der Waals surface area contributed by atoms with Crippen LogP contribution in [-0.4, -0.2) is 8.80 Å². The van der Waals surface area contributed by atoms with Gasteiger partial charge >= 0.3 is 0 Å². The lowest BCUT2D eigenvalue weighted by Crippen LogP contribution is -2.15. The van der Waals surface area contributed by atoms with Crippen LogP contribution in [0.25, 0.3) is 6.08 Å². The lowest BCUT2D eigenvalue weighted by Gasteiger charge is -2.17. The molecule has 0 heterocycles. The molecule has 0 aromatic heterocycles. The number of rotatable bonds is 2. The van der Waals surface area contributed by atoms with Gasteiger partial charge in [0.05, 0.1) is 8.80 Å². The summed E-state index contributed by atoms with van der Waals surface area (Å²) in [6.07, 6.45) is 3.56. The molecule has 0 spiro atoms. The van der Waals surface area contributed by atoms with Gasteiger partial charge in [0.15, 0.2) is 0 Å². The molecule has 0 nitrogen and oxygen atoms in total. The monoisotopic (exact) mass is 215 g/mol. The Balaban J connectivity index is 2.54. The van der Waals surface area contributed by atoms with Crippen molar-refractivity contribution in [1.29, 1.82) is 0 Å². The predicted octanol–water partition coefficient (Wildman–Crippen LogP) is 4.04. The van der Waals surface area contributed by atoms with Crippen molar-refractivity contribution in [3.63, 3.8) is 0 Å². The van der Waals surface area contributed by atoms with Crippen molar-refractivity contribution in [3.8, 4) is 0 Å². The first-order valence-electron chi connectivity index (χ1n) is 5.75. The zero-order valence-electron chi connectivity index (χ0n) is 10.1. The molecule has 0 fully saturated rings. The molecule has 0 saturated heterocycles. The molecule has 1 heteroatoms. The molecule has 0 N–H and O–H groups in total. The van der Waals surface area contributed by atoms with Gasteiger partial charge in [0.2, 0.25) is 0 Å². The Hall–Kier alpha value is -0.823. The van der Waals surface area contributed by atoms with E-state index in [0.717, 1.165) is 12.0 Å². The fourth-order valence-corrected chi connectivity index (χ4v) is 4.56. The zero-order valence-corrected chi connectivity index (χ0v) is 11.1. The Morgan fingerprint density at radius 3 is 2.60 bits per heavy atom. The van der Waals surface area contributed by atoms with E-state index < -0.39 is 0 Å². The highest BCUT2D eigenvalue weighted by Gasteiger charge is 2.26. The molecule has 2 rings (SSSR count). The van der Waals surface area contributed by atoms with E-state index in [4.69, 9.17) is 0 Å². The van der Waals surface area contributed by atoms with Gasteiger partial charge in [0.1, 0.15) is 0 Å². The van der Waals surface area contributed by atoms with Crippen molar-refractivity contribution in [1.82, 2.24) is 0 Å². The largest absolute Gasteiger partial charge is 0.0705 e. The molecule has 0 saturated carbocycles. The molecule has 1 radical (unpaired) electrons. The quantitative estimate of drug-likeness (QED) is 0.653. The van der Waals surface area contributed by atoms with Gasteiger partial charge in [-0.1, -0.05) is 49.9 Å². The van der Waals surface area contributed by atoms with E-state index in [2.05, 4.69) is 51.2 Å². The van der Waals surface area contributed by atoms with E-state index in [1.54, 1.807) is 11.1 Å². The number of aryl methyl sites for hydroxylation is 1. The van der Waals surface area contributed by atoms with Crippen LogP contribution in [0.2, 0.25) is 13.1 Å². The number of hydrogen-bond donors (Lipinski definition) is 0. The van der Waals surface area contributed by atoms with Crippen LogP contribution in [0.4, 0.5) is 0 Å². The summed E-state index contributed by atoms with van der Waals surface area (Å²) >= 11 is 0. The minimum atomic E-state index is -0.266. The maximum atomic E-state index is 2.42. The molecule has 1 aromatic rings. The highest BCUT2D eigenvalue weighted by Crippen LogP contribution is 2.39. The molecule has 0 bridgehead atoms. The van der Waals surface area contributed by atoms with Gasteiger partial charge in [-0.15, -0.1) is 0 Å². The van der Waals surface area contributed by atoms with Gasteiger partial charge < -0.3 is 0 Å².